The standard InChI is InChI=1S/C22H17F3N4O3/c23-22(24,25)32-16-8-6-15(7-9-16)28-21(30)29-18-4-2-11-27-20(18)31-19-5-1-3-14-13-26-12-10-17(14)19/h1-9,11,13H,10,12H2,(H2,28,29,30). The summed E-state index contributed by atoms with van der Waals surface area (Å²) in [7, 11) is 0. The molecule has 3 aromatic rings. The molecule has 0 saturated heterocycles. The summed E-state index contributed by atoms with van der Waals surface area (Å²) in [6.07, 6.45) is -0.726. The van der Waals surface area contributed by atoms with Gasteiger partial charge in [-0.15, -0.1) is 13.2 Å². The summed E-state index contributed by atoms with van der Waals surface area (Å²) in [4.78, 5) is 20.9. The van der Waals surface area contributed by atoms with Crippen LogP contribution in [0.2, 0.25) is 0 Å². The number of hydrogen-bond acceptors (Lipinski definition) is 5. The van der Waals surface area contributed by atoms with Gasteiger partial charge in [-0.1, -0.05) is 12.1 Å². The number of carbonyl (C=O) groups is 1. The number of nitrogens with zero attached hydrogens (tertiary/aromatic N) is 2. The lowest BCUT2D eigenvalue weighted by Crippen LogP contribution is -2.20. The van der Waals surface area contributed by atoms with Crippen LogP contribution in [-0.2, 0) is 6.42 Å². The van der Waals surface area contributed by atoms with Crippen LogP contribution in [0.4, 0.5) is 29.3 Å². The Morgan fingerprint density at radius 2 is 1.81 bits per heavy atom. The Hall–Kier alpha value is -4.08. The van der Waals surface area contributed by atoms with Gasteiger partial charge in [-0.2, -0.15) is 0 Å². The highest BCUT2D eigenvalue weighted by Gasteiger charge is 2.31. The molecule has 2 N–H and O–H groups in total. The maximum atomic E-state index is 12.4. The minimum atomic E-state index is -4.78. The molecule has 1 aliphatic rings. The Kier molecular flexibility index (Phi) is 5.93. The van der Waals surface area contributed by atoms with Crippen LogP contribution in [-0.4, -0.2) is 30.1 Å². The topological polar surface area (TPSA) is 84.8 Å². The van der Waals surface area contributed by atoms with E-state index >= 15 is 0 Å². The number of alkyl halides is 3. The van der Waals surface area contributed by atoms with Crippen molar-refractivity contribution < 1.29 is 27.4 Å². The third-order valence-electron chi connectivity index (χ3n) is 4.46. The predicted octanol–water partition coefficient (Wildman–Crippen LogP) is 5.39. The molecule has 2 heterocycles. The van der Waals surface area contributed by atoms with E-state index in [0.717, 1.165) is 29.7 Å². The van der Waals surface area contributed by atoms with Gasteiger partial charge in [-0.3, -0.25) is 4.99 Å². The van der Waals surface area contributed by atoms with Crippen molar-refractivity contribution in [2.24, 2.45) is 4.99 Å². The summed E-state index contributed by atoms with van der Waals surface area (Å²) in [5.74, 6) is 0.436. The minimum absolute atomic E-state index is 0.201. The Labute approximate surface area is 180 Å². The first-order valence-electron chi connectivity index (χ1n) is 9.56. The molecule has 1 aliphatic heterocycles. The van der Waals surface area contributed by atoms with Crippen LogP contribution < -0.4 is 20.1 Å². The maximum Gasteiger partial charge on any atom is 0.573 e. The largest absolute Gasteiger partial charge is 0.573 e. The number of benzene rings is 2. The third-order valence-corrected chi connectivity index (χ3v) is 4.46. The van der Waals surface area contributed by atoms with Gasteiger partial charge < -0.3 is 20.1 Å². The average molecular weight is 442 g/mol. The first-order valence-corrected chi connectivity index (χ1v) is 9.56. The number of aliphatic imine (C=N–C) groups is 1. The van der Waals surface area contributed by atoms with Crippen LogP contribution in [0.15, 0.2) is 65.8 Å². The van der Waals surface area contributed by atoms with Crippen LogP contribution in [0.5, 0.6) is 17.4 Å². The Balaban J connectivity index is 1.44. The fourth-order valence-electron chi connectivity index (χ4n) is 3.10. The van der Waals surface area contributed by atoms with Crippen molar-refractivity contribution in [1.82, 2.24) is 4.98 Å². The van der Waals surface area contributed by atoms with E-state index in [4.69, 9.17) is 4.74 Å². The number of pyridine rings is 1. The van der Waals surface area contributed by atoms with Gasteiger partial charge in [0.1, 0.15) is 17.2 Å². The van der Waals surface area contributed by atoms with Crippen LogP contribution >= 0.6 is 0 Å². The monoisotopic (exact) mass is 442 g/mol. The molecule has 0 unspecified atom stereocenters. The molecule has 2 amide bonds. The van der Waals surface area contributed by atoms with E-state index in [0.29, 0.717) is 18.0 Å². The van der Waals surface area contributed by atoms with Crippen molar-refractivity contribution in [2.75, 3.05) is 17.2 Å². The molecule has 164 valence electrons. The molecule has 10 heteroatoms. The molecule has 7 nitrogen and oxygen atoms in total. The molecular formula is C22H17F3N4O3. The number of halogens is 3. The first-order chi connectivity index (χ1) is 15.4. The number of urea groups is 1. The SMILES string of the molecule is O=C(Nc1ccc(OC(F)(F)F)cc1)Nc1cccnc1Oc1cccc2c1CCN=C2. The second kappa shape index (κ2) is 8.96. The van der Waals surface area contributed by atoms with Gasteiger partial charge in [0, 0.05) is 30.2 Å². The van der Waals surface area contributed by atoms with Gasteiger partial charge in [0.25, 0.3) is 0 Å². The number of rotatable bonds is 5. The molecule has 32 heavy (non-hydrogen) atoms. The lowest BCUT2D eigenvalue weighted by Gasteiger charge is -2.17. The molecule has 4 rings (SSSR count). The highest BCUT2D eigenvalue weighted by Crippen LogP contribution is 2.32. The number of ether oxygens (including phenoxy) is 2. The highest BCUT2D eigenvalue weighted by atomic mass is 19.4. The molecule has 0 saturated carbocycles. The van der Waals surface area contributed by atoms with Gasteiger partial charge in [-0.05, 0) is 54.4 Å². The van der Waals surface area contributed by atoms with Crippen LogP contribution in [0.1, 0.15) is 11.1 Å². The quantitative estimate of drug-likeness (QED) is 0.555. The van der Waals surface area contributed by atoms with E-state index < -0.39 is 12.4 Å². The van der Waals surface area contributed by atoms with Crippen molar-refractivity contribution >= 4 is 23.6 Å². The van der Waals surface area contributed by atoms with Crippen molar-refractivity contribution in [2.45, 2.75) is 12.8 Å². The zero-order valence-electron chi connectivity index (χ0n) is 16.5. The summed E-state index contributed by atoms with van der Waals surface area (Å²) in [6.45, 7) is 0.663. The fourth-order valence-corrected chi connectivity index (χ4v) is 3.10. The van der Waals surface area contributed by atoms with E-state index in [-0.39, 0.29) is 17.3 Å². The Morgan fingerprint density at radius 1 is 1.00 bits per heavy atom. The van der Waals surface area contributed by atoms with Crippen LogP contribution in [0.3, 0.4) is 0 Å². The summed E-state index contributed by atoms with van der Waals surface area (Å²) in [6, 6.07) is 13.0. The lowest BCUT2D eigenvalue weighted by atomic mass is 10.0. The Morgan fingerprint density at radius 3 is 2.59 bits per heavy atom. The molecule has 0 radical (unpaired) electrons. The predicted molar refractivity (Wildman–Crippen MR) is 113 cm³/mol. The highest BCUT2D eigenvalue weighted by molar-refractivity contribution is 6.00. The van der Waals surface area contributed by atoms with Gasteiger partial charge in [0.05, 0.1) is 0 Å². The number of hydrogen-bond donors (Lipinski definition) is 2. The molecule has 0 fully saturated rings. The molecule has 1 aromatic heterocycles. The van der Waals surface area contributed by atoms with Gasteiger partial charge in [0.2, 0.25) is 5.88 Å². The van der Waals surface area contributed by atoms with Crippen molar-refractivity contribution in [3.8, 4) is 17.4 Å². The number of aromatic nitrogens is 1. The number of carbonyl (C=O) groups excluding carboxylic acids is 1. The van der Waals surface area contributed by atoms with Crippen LogP contribution in [0, 0.1) is 0 Å². The molecule has 0 atom stereocenters. The zero-order chi connectivity index (χ0) is 22.6. The van der Waals surface area contributed by atoms with E-state index in [9.17, 15) is 18.0 Å². The molecular weight excluding hydrogens is 425 g/mol. The first kappa shape index (κ1) is 21.2. The summed E-state index contributed by atoms with van der Waals surface area (Å²) >= 11 is 0. The van der Waals surface area contributed by atoms with Crippen molar-refractivity contribution in [3.05, 3.63) is 71.9 Å². The second-order valence-electron chi connectivity index (χ2n) is 6.72. The molecule has 2 aromatic carbocycles. The normalized spacial score (nSPS) is 12.6. The van der Waals surface area contributed by atoms with E-state index in [1.165, 1.54) is 18.3 Å². The summed E-state index contributed by atoms with van der Waals surface area (Å²) in [5, 5.41) is 5.17. The van der Waals surface area contributed by atoms with Gasteiger partial charge >= 0.3 is 12.4 Å². The fraction of sp³-hybridized carbons (Fsp3) is 0.136. The Bertz CT molecular complexity index is 1150. The smallest absolute Gasteiger partial charge is 0.437 e. The van der Waals surface area contributed by atoms with E-state index in [1.54, 1.807) is 18.3 Å². The number of amides is 2. The van der Waals surface area contributed by atoms with Gasteiger partial charge in [-0.25, -0.2) is 9.78 Å². The summed E-state index contributed by atoms with van der Waals surface area (Å²) in [5.41, 5.74) is 2.57. The lowest BCUT2D eigenvalue weighted by molar-refractivity contribution is -0.274. The molecule has 0 aliphatic carbocycles. The number of anilines is 2. The third kappa shape index (κ3) is 5.34. The van der Waals surface area contributed by atoms with Crippen LogP contribution in [0.25, 0.3) is 0 Å². The van der Waals surface area contributed by atoms with Gasteiger partial charge in [0.15, 0.2) is 0 Å². The van der Waals surface area contributed by atoms with E-state index in [1.807, 2.05) is 18.2 Å². The molecule has 0 spiro atoms. The molecule has 0 bridgehead atoms. The zero-order valence-corrected chi connectivity index (χ0v) is 16.5. The minimum Gasteiger partial charge on any atom is -0.437 e. The average Bonchev–Trinajstić information content (AvgIpc) is 2.76. The second-order valence-corrected chi connectivity index (χ2v) is 6.72. The maximum absolute atomic E-state index is 12.4. The summed E-state index contributed by atoms with van der Waals surface area (Å²) < 4.78 is 46.6. The number of nitrogens with one attached hydrogen (secondary N) is 2. The van der Waals surface area contributed by atoms with Crippen molar-refractivity contribution in [1.29, 1.82) is 0 Å². The van der Waals surface area contributed by atoms with E-state index in [2.05, 4.69) is 25.3 Å². The van der Waals surface area contributed by atoms with Crippen molar-refractivity contribution in [3.63, 3.8) is 0 Å². The number of fused-ring (bicyclic) bond motifs is 1.